The average molecular weight is 1130 g/mol. The van der Waals surface area contributed by atoms with E-state index in [0.717, 1.165) is 5.56 Å². The van der Waals surface area contributed by atoms with E-state index >= 15 is 0 Å². The van der Waals surface area contributed by atoms with Crippen molar-refractivity contribution < 1.29 is 53.2 Å². The monoisotopic (exact) mass is 1130 g/mol. The number of methoxy groups -OCH3 is 1. The van der Waals surface area contributed by atoms with E-state index in [1.54, 1.807) is 51.7 Å². The number of esters is 1. The second-order valence-corrected chi connectivity index (χ2v) is 20.0. The van der Waals surface area contributed by atoms with Crippen molar-refractivity contribution in [1.29, 1.82) is 0 Å². The molecule has 0 aliphatic carbocycles. The Balaban J connectivity index is 1.88. The first-order valence-corrected chi connectivity index (χ1v) is 23.8. The number of benzene rings is 2. The normalized spacial score (nSPS) is 17.3. The lowest BCUT2D eigenvalue weighted by Crippen LogP contribution is -2.59. The maximum Gasteiger partial charge on any atom is 0.408 e. The molecule has 1 unspecified atom stereocenters. The number of rotatable bonds is 22. The highest BCUT2D eigenvalue weighted by atomic mass is 127. The van der Waals surface area contributed by atoms with Crippen LogP contribution in [0.5, 0.6) is 5.75 Å². The van der Waals surface area contributed by atoms with Gasteiger partial charge in [-0.15, -0.1) is 0 Å². The number of nitrogens with zero attached hydrogens (tertiary/aromatic N) is 1. The Kier molecular flexibility index (Phi) is 21.7. The molecule has 20 heteroatoms. The molecule has 3 rings (SSSR count). The number of aliphatic hydroxyl groups is 1. The van der Waals surface area contributed by atoms with Gasteiger partial charge >= 0.3 is 12.1 Å². The molecule has 2 aromatic carbocycles. The van der Waals surface area contributed by atoms with E-state index in [2.05, 4.69) is 26.6 Å². The van der Waals surface area contributed by atoms with E-state index in [9.17, 15) is 43.8 Å². The van der Waals surface area contributed by atoms with Crippen molar-refractivity contribution in [2.45, 2.75) is 135 Å². The molecule has 0 saturated carbocycles. The van der Waals surface area contributed by atoms with Gasteiger partial charge < -0.3 is 52.0 Å². The number of nitrogens with one attached hydrogen (secondary N) is 5. The van der Waals surface area contributed by atoms with E-state index < -0.39 is 96.0 Å². The van der Waals surface area contributed by atoms with Gasteiger partial charge in [-0.05, 0) is 127 Å². The third kappa shape index (κ3) is 17.5. The van der Waals surface area contributed by atoms with E-state index in [1.807, 2.05) is 77.2 Å². The molecule has 65 heavy (non-hydrogen) atoms. The number of primary amides is 1. The van der Waals surface area contributed by atoms with Gasteiger partial charge in [0.15, 0.2) is 0 Å². The summed E-state index contributed by atoms with van der Waals surface area (Å²) in [5.41, 5.74) is 6.04. The molecular weight excluding hydrogens is 1070 g/mol. The molecule has 0 radical (unpaired) electrons. The molecule has 1 aliphatic rings. The Bertz CT molecular complexity index is 1960. The highest BCUT2D eigenvalue weighted by molar-refractivity contribution is 14.1. The summed E-state index contributed by atoms with van der Waals surface area (Å²) in [6.07, 6.45) is -1.22. The Hall–Kier alpha value is -4.29. The summed E-state index contributed by atoms with van der Waals surface area (Å²) >= 11 is 4.00. The predicted molar refractivity (Wildman–Crippen MR) is 259 cm³/mol. The lowest BCUT2D eigenvalue weighted by atomic mass is 9.96. The first-order valence-electron chi connectivity index (χ1n) is 21.6. The van der Waals surface area contributed by atoms with Crippen LogP contribution < -0.4 is 32.3 Å². The summed E-state index contributed by atoms with van der Waals surface area (Å²) < 4.78 is 11.5. The van der Waals surface area contributed by atoms with E-state index in [0.29, 0.717) is 38.5 Å². The molecule has 0 spiro atoms. The molecule has 18 nitrogen and oxygen atoms in total. The minimum absolute atomic E-state index is 0.00535. The van der Waals surface area contributed by atoms with Gasteiger partial charge in [-0.25, -0.2) is 9.59 Å². The van der Waals surface area contributed by atoms with Crippen LogP contribution in [-0.4, -0.2) is 125 Å². The quantitative estimate of drug-likeness (QED) is 0.0625. The number of halogens is 2. The van der Waals surface area contributed by atoms with E-state index in [4.69, 9.17) is 15.2 Å². The molecule has 1 aliphatic heterocycles. The van der Waals surface area contributed by atoms with Crippen LogP contribution in [-0.2, 0) is 51.1 Å². The molecule has 360 valence electrons. The van der Waals surface area contributed by atoms with Gasteiger partial charge in [-0.2, -0.15) is 0 Å². The zero-order chi connectivity index (χ0) is 48.8. The van der Waals surface area contributed by atoms with Crippen molar-refractivity contribution >= 4 is 86.8 Å². The number of nitrogens with two attached hydrogens (primary N) is 1. The van der Waals surface area contributed by atoms with Crippen molar-refractivity contribution in [2.24, 2.45) is 17.6 Å². The van der Waals surface area contributed by atoms with Crippen molar-refractivity contribution in [2.75, 3.05) is 20.2 Å². The van der Waals surface area contributed by atoms with Gasteiger partial charge in [0.25, 0.3) is 0 Å². The topological polar surface area (TPSA) is 268 Å². The van der Waals surface area contributed by atoms with Crippen LogP contribution in [0.3, 0.4) is 0 Å². The molecule has 1 saturated heterocycles. The van der Waals surface area contributed by atoms with Gasteiger partial charge in [-0.1, -0.05) is 64.4 Å². The summed E-state index contributed by atoms with van der Waals surface area (Å²) in [4.78, 5) is 95.4. The molecule has 9 N–H and O–H groups in total. The molecule has 8 atom stereocenters. The zero-order valence-corrected chi connectivity index (χ0v) is 42.6. The fraction of sp³-hybridized carbons (Fsp3) is 0.578. The third-order valence-corrected chi connectivity index (χ3v) is 12.9. The number of β-amino-alcohol motifs (C(OH)–C–C–N with tert-alkyl or cyclic N) is 1. The fourth-order valence-corrected chi connectivity index (χ4v) is 9.47. The maximum absolute atomic E-state index is 14.2. The Morgan fingerprint density at radius 2 is 1.48 bits per heavy atom. The number of ether oxygens (including phenoxy) is 2. The lowest BCUT2D eigenvalue weighted by Gasteiger charge is -2.33. The smallest absolute Gasteiger partial charge is 0.408 e. The third-order valence-electron chi connectivity index (χ3n) is 11.0. The maximum atomic E-state index is 14.2. The fourth-order valence-electron chi connectivity index (χ4n) is 7.29. The average Bonchev–Trinajstić information content (AvgIpc) is 3.68. The highest BCUT2D eigenvalue weighted by Gasteiger charge is 2.39. The summed E-state index contributed by atoms with van der Waals surface area (Å²) in [5, 5.41) is 35.6. The van der Waals surface area contributed by atoms with Crippen LogP contribution >= 0.6 is 45.2 Å². The number of amides is 6. The summed E-state index contributed by atoms with van der Waals surface area (Å²) in [6.45, 7) is 12.6. The number of alkyl carbamates (subject to hydrolysis) is 1. The largest absolute Gasteiger partial charge is 0.508 e. The highest BCUT2D eigenvalue weighted by Crippen LogP contribution is 2.27. The Morgan fingerprint density at radius 1 is 0.862 bits per heavy atom. The first kappa shape index (κ1) is 55.0. The number of likely N-dealkylation sites (tertiary alicyclic amines) is 1. The second kappa shape index (κ2) is 25.6. The molecule has 2 aromatic rings. The number of hydrogen-bond donors (Lipinski definition) is 8. The van der Waals surface area contributed by atoms with Crippen LogP contribution in [0.2, 0.25) is 0 Å². The predicted octanol–water partition coefficient (Wildman–Crippen LogP) is 2.79. The van der Waals surface area contributed by atoms with Gasteiger partial charge in [0.05, 0.1) is 31.7 Å². The Morgan fingerprint density at radius 3 is 2.03 bits per heavy atom. The van der Waals surface area contributed by atoms with Crippen LogP contribution in [0.25, 0.3) is 0 Å². The second-order valence-electron chi connectivity index (χ2n) is 17.7. The number of carbonyl (C=O) groups is 7. The van der Waals surface area contributed by atoms with E-state index in [1.165, 1.54) is 19.2 Å². The van der Waals surface area contributed by atoms with Gasteiger partial charge in [0.1, 0.15) is 35.5 Å². The van der Waals surface area contributed by atoms with Crippen molar-refractivity contribution in [3.05, 3.63) is 60.7 Å². The van der Waals surface area contributed by atoms with Gasteiger partial charge in [0.2, 0.25) is 29.5 Å². The summed E-state index contributed by atoms with van der Waals surface area (Å²) in [7, 11) is 1.24. The number of carbonyl (C=O) groups excluding carboxylic acids is 7. The van der Waals surface area contributed by atoms with Crippen molar-refractivity contribution in [3.8, 4) is 5.75 Å². The first-order chi connectivity index (χ1) is 30.4. The number of aromatic hydroxyl groups is 1. The van der Waals surface area contributed by atoms with Crippen molar-refractivity contribution in [1.82, 2.24) is 31.5 Å². The van der Waals surface area contributed by atoms with Crippen LogP contribution in [0.4, 0.5) is 4.79 Å². The zero-order valence-electron chi connectivity index (χ0n) is 38.2. The molecule has 1 fully saturated rings. The van der Waals surface area contributed by atoms with Gasteiger partial charge in [-0.3, -0.25) is 28.9 Å². The molecular formula is C45H65I2N7O11. The summed E-state index contributed by atoms with van der Waals surface area (Å²) in [5.74, 6) is -4.72. The van der Waals surface area contributed by atoms with Crippen LogP contribution in [0.1, 0.15) is 85.3 Å². The molecule has 1 heterocycles. The minimum atomic E-state index is -1.55. The molecule has 0 aromatic heterocycles. The Labute approximate surface area is 408 Å². The molecule has 0 bridgehead atoms. The number of phenols is 1. The minimum Gasteiger partial charge on any atom is -0.508 e. The lowest BCUT2D eigenvalue weighted by molar-refractivity contribution is -0.147. The standard InChI is InChI=1S/C45H65I2N7O11/c1-9-25(4)38(42(61)52-37(24(2)3)43(62)64-8)53-41(60)34-16-13-17-54(34)23-35(56)31(18-26-14-11-10-12-15-26)49-40(59)33(22-36(48)57)50-39(58)32(51-44(63)65-45(5,6)7)21-28-29(46)19-27(55)20-30(28)47/h10-12,14-15,19-20,24-25,31-35,37-38,55-56H,9,13,16-18,21-23H2,1-8H3,(H2,48,57)(H,49,59)(H,50,58)(H,51,63)(H,52,61)(H,53,60)/t25-,31-,32-,33-,34?,35+,37-,38-/m0/s1. The summed E-state index contributed by atoms with van der Waals surface area (Å²) in [6, 6.07) is 5.51. The van der Waals surface area contributed by atoms with Crippen LogP contribution in [0.15, 0.2) is 42.5 Å². The SMILES string of the molecule is CC[C@H](C)[C@H](NC(=O)C1CCCN1C[C@@H](O)[C@H](Cc1ccccc1)NC(=O)[C@H](CC(N)=O)NC(=O)[C@H](Cc1c(I)cc(O)cc1I)NC(=O)OC(C)(C)C)C(=O)N[C@H](C(=O)OC)C(C)C. The van der Waals surface area contributed by atoms with E-state index in [-0.39, 0.29) is 37.0 Å². The van der Waals surface area contributed by atoms with Crippen molar-refractivity contribution in [3.63, 3.8) is 0 Å². The number of aliphatic hydroxyl groups excluding tert-OH is 1. The van der Waals surface area contributed by atoms with Crippen LogP contribution in [0, 0.1) is 19.0 Å². The molecule has 6 amide bonds. The number of hydrogen-bond acceptors (Lipinski definition) is 12. The van der Waals surface area contributed by atoms with Gasteiger partial charge in [0, 0.05) is 20.1 Å². The number of phenolic OH excluding ortho intramolecular Hbond substituents is 1.